The Morgan fingerprint density at radius 3 is 2.58 bits per heavy atom. The molecule has 0 saturated heterocycles. The lowest BCUT2D eigenvalue weighted by atomic mass is 10.2. The third-order valence-electron chi connectivity index (χ3n) is 2.46. The van der Waals surface area contributed by atoms with Crippen molar-refractivity contribution >= 4 is 15.7 Å². The zero-order chi connectivity index (χ0) is 13.9. The van der Waals surface area contributed by atoms with E-state index >= 15 is 0 Å². The van der Waals surface area contributed by atoms with Crippen LogP contribution in [0.25, 0.3) is 0 Å². The number of anilines is 1. The molecule has 0 aliphatic carbocycles. The summed E-state index contributed by atoms with van der Waals surface area (Å²) in [6.45, 7) is 1.81. The molecule has 2 aromatic rings. The van der Waals surface area contributed by atoms with Crippen molar-refractivity contribution < 1.29 is 8.42 Å². The molecule has 0 bridgehead atoms. The van der Waals surface area contributed by atoms with Gasteiger partial charge in [0.15, 0.2) is 0 Å². The summed E-state index contributed by atoms with van der Waals surface area (Å²) in [6.07, 6.45) is 1.43. The van der Waals surface area contributed by atoms with Crippen LogP contribution in [0.15, 0.2) is 47.5 Å². The Morgan fingerprint density at radius 1 is 1.21 bits per heavy atom. The molecule has 0 aliphatic heterocycles. The number of aryl methyl sites for hydroxylation is 1. The highest BCUT2D eigenvalue weighted by Gasteiger charge is 2.18. The molecule has 2 rings (SSSR count). The van der Waals surface area contributed by atoms with E-state index in [1.165, 1.54) is 18.3 Å². The van der Waals surface area contributed by atoms with Crippen molar-refractivity contribution in [3.05, 3.63) is 53.9 Å². The number of benzene rings is 1. The predicted octanol–water partition coefficient (Wildman–Crippen LogP) is 2.06. The number of aromatic nitrogens is 1. The molecule has 0 aliphatic rings. The third-order valence-corrected chi connectivity index (χ3v) is 3.90. The van der Waals surface area contributed by atoms with Gasteiger partial charge in [-0.25, -0.2) is 8.42 Å². The fourth-order valence-corrected chi connectivity index (χ4v) is 2.73. The Bertz CT molecular complexity index is 731. The summed E-state index contributed by atoms with van der Waals surface area (Å²) < 4.78 is 26.7. The van der Waals surface area contributed by atoms with Gasteiger partial charge >= 0.3 is 0 Å². The largest absolute Gasteiger partial charge is 0.278 e. The molecular formula is C13H11N3O2S. The lowest BCUT2D eigenvalue weighted by molar-refractivity contribution is 0.601. The number of nitrogens with one attached hydrogen (secondary N) is 1. The molecule has 1 aromatic heterocycles. The zero-order valence-electron chi connectivity index (χ0n) is 10.2. The van der Waals surface area contributed by atoms with E-state index in [4.69, 9.17) is 5.26 Å². The molecule has 5 nitrogen and oxygen atoms in total. The number of pyridine rings is 1. The van der Waals surface area contributed by atoms with Gasteiger partial charge < -0.3 is 0 Å². The van der Waals surface area contributed by atoms with Gasteiger partial charge in [0.05, 0.1) is 17.4 Å². The van der Waals surface area contributed by atoms with Crippen LogP contribution in [-0.2, 0) is 10.0 Å². The number of sulfonamides is 1. The van der Waals surface area contributed by atoms with Gasteiger partial charge in [-0.2, -0.15) is 5.26 Å². The molecule has 6 heteroatoms. The molecule has 96 valence electrons. The topological polar surface area (TPSA) is 82.9 Å². The highest BCUT2D eigenvalue weighted by molar-refractivity contribution is 7.92. The lowest BCUT2D eigenvalue weighted by Crippen LogP contribution is -2.14. The monoisotopic (exact) mass is 273 g/mol. The molecule has 0 spiro atoms. The van der Waals surface area contributed by atoms with Gasteiger partial charge in [0.25, 0.3) is 10.0 Å². The highest BCUT2D eigenvalue weighted by atomic mass is 32.2. The smallest absolute Gasteiger partial charge is 0.263 e. The van der Waals surface area contributed by atoms with Gasteiger partial charge in [-0.1, -0.05) is 12.1 Å². The minimum absolute atomic E-state index is 0.0434. The second-order valence-electron chi connectivity index (χ2n) is 3.90. The van der Waals surface area contributed by atoms with E-state index in [1.54, 1.807) is 24.3 Å². The van der Waals surface area contributed by atoms with Crippen LogP contribution in [0.3, 0.4) is 0 Å². The van der Waals surface area contributed by atoms with Crippen molar-refractivity contribution in [2.45, 2.75) is 11.8 Å². The molecule has 19 heavy (non-hydrogen) atoms. The Balaban J connectivity index is 2.38. The maximum Gasteiger partial charge on any atom is 0.263 e. The average Bonchev–Trinajstić information content (AvgIpc) is 2.41. The Labute approximate surface area is 111 Å². The minimum Gasteiger partial charge on any atom is -0.278 e. The van der Waals surface area contributed by atoms with Crippen LogP contribution in [-0.4, -0.2) is 13.4 Å². The molecule has 1 N–H and O–H groups in total. The van der Waals surface area contributed by atoms with Gasteiger partial charge in [-0.15, -0.1) is 0 Å². The van der Waals surface area contributed by atoms with Crippen LogP contribution in [0.4, 0.5) is 5.69 Å². The highest BCUT2D eigenvalue weighted by Crippen LogP contribution is 2.18. The number of nitrogens with zero attached hydrogens (tertiary/aromatic N) is 2. The standard InChI is InChI=1S/C13H11N3O2S/c1-10-6-7-12(9-15-10)16-19(17,18)13-5-3-2-4-11(13)8-14/h2-7,9,16H,1H3. The summed E-state index contributed by atoms with van der Waals surface area (Å²) in [5.41, 5.74) is 1.26. The van der Waals surface area contributed by atoms with E-state index in [1.807, 2.05) is 13.0 Å². The van der Waals surface area contributed by atoms with Crippen LogP contribution in [0, 0.1) is 18.3 Å². The predicted molar refractivity (Wildman–Crippen MR) is 70.9 cm³/mol. The first-order valence-corrected chi connectivity index (χ1v) is 6.96. The van der Waals surface area contributed by atoms with Gasteiger partial charge in [0, 0.05) is 5.69 Å². The van der Waals surface area contributed by atoms with Crippen LogP contribution in [0.2, 0.25) is 0 Å². The van der Waals surface area contributed by atoms with Gasteiger partial charge in [-0.3, -0.25) is 9.71 Å². The lowest BCUT2D eigenvalue weighted by Gasteiger charge is -2.08. The first-order valence-electron chi connectivity index (χ1n) is 5.47. The zero-order valence-corrected chi connectivity index (χ0v) is 11.0. The third kappa shape index (κ3) is 2.89. The van der Waals surface area contributed by atoms with Crippen LogP contribution < -0.4 is 4.72 Å². The average molecular weight is 273 g/mol. The van der Waals surface area contributed by atoms with E-state index in [0.29, 0.717) is 5.69 Å². The first kappa shape index (κ1) is 13.1. The Hall–Kier alpha value is -2.39. The van der Waals surface area contributed by atoms with Gasteiger partial charge in [0.2, 0.25) is 0 Å². The second kappa shape index (κ2) is 5.08. The molecule has 0 atom stereocenters. The van der Waals surface area contributed by atoms with E-state index in [0.717, 1.165) is 5.69 Å². The minimum atomic E-state index is -3.78. The van der Waals surface area contributed by atoms with E-state index in [9.17, 15) is 8.42 Å². The maximum atomic E-state index is 12.2. The van der Waals surface area contributed by atoms with Crippen molar-refractivity contribution in [3.8, 4) is 6.07 Å². The van der Waals surface area contributed by atoms with Crippen LogP contribution in [0.1, 0.15) is 11.3 Å². The number of hydrogen-bond donors (Lipinski definition) is 1. The van der Waals surface area contributed by atoms with E-state index < -0.39 is 10.0 Å². The molecule has 1 aromatic carbocycles. The van der Waals surface area contributed by atoms with Crippen LogP contribution >= 0.6 is 0 Å². The second-order valence-corrected chi connectivity index (χ2v) is 5.55. The van der Waals surface area contributed by atoms with Gasteiger partial charge in [0.1, 0.15) is 11.0 Å². The molecule has 0 radical (unpaired) electrons. The summed E-state index contributed by atoms with van der Waals surface area (Å²) in [7, 11) is -3.78. The van der Waals surface area contributed by atoms with Crippen LogP contribution in [0.5, 0.6) is 0 Å². The fraction of sp³-hybridized carbons (Fsp3) is 0.0769. The summed E-state index contributed by atoms with van der Waals surface area (Å²) in [6, 6.07) is 11.2. The summed E-state index contributed by atoms with van der Waals surface area (Å²) in [5.74, 6) is 0. The van der Waals surface area contributed by atoms with E-state index in [2.05, 4.69) is 9.71 Å². The molecule has 1 heterocycles. The molecule has 0 saturated carbocycles. The van der Waals surface area contributed by atoms with Crippen molar-refractivity contribution in [1.29, 1.82) is 5.26 Å². The number of rotatable bonds is 3. The van der Waals surface area contributed by atoms with E-state index in [-0.39, 0.29) is 10.5 Å². The normalized spacial score (nSPS) is 10.7. The molecule has 0 amide bonds. The van der Waals surface area contributed by atoms with Gasteiger partial charge in [-0.05, 0) is 31.2 Å². The maximum absolute atomic E-state index is 12.2. The molecular weight excluding hydrogens is 262 g/mol. The molecule has 0 fully saturated rings. The molecule has 0 unspecified atom stereocenters. The Kier molecular flexibility index (Phi) is 3.49. The van der Waals surface area contributed by atoms with Crippen molar-refractivity contribution in [2.24, 2.45) is 0 Å². The fourth-order valence-electron chi connectivity index (χ4n) is 1.53. The summed E-state index contributed by atoms with van der Waals surface area (Å²) in [4.78, 5) is 3.96. The van der Waals surface area contributed by atoms with Crippen molar-refractivity contribution in [2.75, 3.05) is 4.72 Å². The van der Waals surface area contributed by atoms with Crippen molar-refractivity contribution in [1.82, 2.24) is 4.98 Å². The SMILES string of the molecule is Cc1ccc(NS(=O)(=O)c2ccccc2C#N)cn1. The Morgan fingerprint density at radius 2 is 1.95 bits per heavy atom. The summed E-state index contributed by atoms with van der Waals surface area (Å²) in [5, 5.41) is 8.93. The quantitative estimate of drug-likeness (QED) is 0.927. The first-order chi connectivity index (χ1) is 9.03. The van der Waals surface area contributed by atoms with Crippen molar-refractivity contribution in [3.63, 3.8) is 0 Å². The number of nitriles is 1. The summed E-state index contributed by atoms with van der Waals surface area (Å²) >= 11 is 0. The number of hydrogen-bond acceptors (Lipinski definition) is 4.